The van der Waals surface area contributed by atoms with Crippen molar-refractivity contribution < 1.29 is 23.8 Å². The molecule has 0 spiro atoms. The number of carbonyl (C=O) groups is 2. The molecule has 7 nitrogen and oxygen atoms in total. The van der Waals surface area contributed by atoms with Crippen LogP contribution in [0.4, 0.5) is 0 Å². The average molecular weight is 497 g/mol. The van der Waals surface area contributed by atoms with Crippen molar-refractivity contribution in [2.45, 2.75) is 64.2 Å². The molecule has 2 unspecified atom stereocenters. The average Bonchev–Trinajstić information content (AvgIpc) is 3.11. The quantitative estimate of drug-likeness (QED) is 0.418. The molecule has 0 saturated carbocycles. The van der Waals surface area contributed by atoms with Gasteiger partial charge < -0.3 is 19.5 Å². The summed E-state index contributed by atoms with van der Waals surface area (Å²) in [4.78, 5) is 24.0. The number of thioether (sulfide) groups is 1. The highest BCUT2D eigenvalue weighted by atomic mass is 32.2. The van der Waals surface area contributed by atoms with Crippen LogP contribution >= 0.6 is 11.8 Å². The van der Waals surface area contributed by atoms with Crippen molar-refractivity contribution >= 4 is 28.8 Å². The molecule has 2 atom stereocenters. The zero-order chi connectivity index (χ0) is 25.2. The second-order valence-corrected chi connectivity index (χ2v) is 11.5. The Labute approximate surface area is 210 Å². The summed E-state index contributed by atoms with van der Waals surface area (Å²) in [6.07, 6.45) is 3.00. The zero-order valence-electron chi connectivity index (χ0n) is 20.6. The number of aryl methyl sites for hydroxylation is 1. The van der Waals surface area contributed by atoms with E-state index in [0.29, 0.717) is 18.8 Å². The Kier molecular flexibility index (Phi) is 7.12. The third-order valence-electron chi connectivity index (χ3n) is 6.17. The van der Waals surface area contributed by atoms with Crippen molar-refractivity contribution in [3.63, 3.8) is 0 Å². The Morgan fingerprint density at radius 2 is 1.91 bits per heavy atom. The molecule has 2 aromatic rings. The third-order valence-corrected chi connectivity index (χ3v) is 7.17. The number of rotatable bonds is 7. The first-order valence-electron chi connectivity index (χ1n) is 11.8. The van der Waals surface area contributed by atoms with E-state index in [-0.39, 0.29) is 27.9 Å². The molecule has 2 aromatic carbocycles. The number of esters is 1. The lowest BCUT2D eigenvalue weighted by atomic mass is 9.90. The number of amides is 1. The smallest absolute Gasteiger partial charge is 0.316 e. The lowest BCUT2D eigenvalue weighted by Gasteiger charge is -2.36. The Morgan fingerprint density at radius 3 is 2.57 bits per heavy atom. The van der Waals surface area contributed by atoms with Crippen molar-refractivity contribution in [3.05, 3.63) is 53.6 Å². The number of carbonyl (C=O) groups excluding carboxylic acids is 2. The molecule has 1 saturated heterocycles. The molecule has 186 valence electrons. The second-order valence-electron chi connectivity index (χ2n) is 10.3. The second kappa shape index (κ2) is 9.93. The van der Waals surface area contributed by atoms with Gasteiger partial charge in [-0.25, -0.2) is 0 Å². The summed E-state index contributed by atoms with van der Waals surface area (Å²) in [5.41, 5.74) is 1.18. The van der Waals surface area contributed by atoms with Crippen LogP contribution in [0, 0.1) is 10.8 Å². The first-order valence-corrected chi connectivity index (χ1v) is 12.7. The van der Waals surface area contributed by atoms with E-state index < -0.39 is 5.41 Å². The number of amidine groups is 1. The lowest BCUT2D eigenvalue weighted by molar-refractivity contribution is -0.143. The maximum atomic E-state index is 12.2. The molecular formula is C27H32N2O5S. The number of ether oxygens (including phenoxy) is 3. The van der Waals surface area contributed by atoms with Crippen LogP contribution < -0.4 is 19.5 Å². The predicted molar refractivity (Wildman–Crippen MR) is 136 cm³/mol. The first kappa shape index (κ1) is 25.1. The van der Waals surface area contributed by atoms with Crippen molar-refractivity contribution in [2.75, 3.05) is 6.61 Å². The fourth-order valence-electron chi connectivity index (χ4n) is 3.94. The van der Waals surface area contributed by atoms with Gasteiger partial charge in [-0.3, -0.25) is 15.0 Å². The van der Waals surface area contributed by atoms with Crippen LogP contribution in [0.2, 0.25) is 0 Å². The molecule has 4 rings (SSSR count). The van der Waals surface area contributed by atoms with Crippen molar-refractivity contribution in [1.82, 2.24) is 5.32 Å². The van der Waals surface area contributed by atoms with Gasteiger partial charge >= 0.3 is 5.97 Å². The van der Waals surface area contributed by atoms with Gasteiger partial charge in [0, 0.05) is 6.42 Å². The highest BCUT2D eigenvalue weighted by Gasteiger charge is 2.32. The lowest BCUT2D eigenvalue weighted by Crippen LogP contribution is -2.37. The third kappa shape index (κ3) is 6.36. The molecule has 2 aliphatic rings. The summed E-state index contributed by atoms with van der Waals surface area (Å²) in [6, 6.07) is 13.3. The molecule has 1 fully saturated rings. The van der Waals surface area contributed by atoms with Gasteiger partial charge in [-0.2, -0.15) is 0 Å². The Balaban J connectivity index is 1.27. The highest BCUT2D eigenvalue weighted by Crippen LogP contribution is 2.37. The van der Waals surface area contributed by atoms with Gasteiger partial charge in [-0.1, -0.05) is 23.9 Å². The van der Waals surface area contributed by atoms with Gasteiger partial charge in [-0.15, -0.1) is 0 Å². The van der Waals surface area contributed by atoms with Crippen LogP contribution in [-0.2, 0) is 22.4 Å². The molecule has 1 amide bonds. The van der Waals surface area contributed by atoms with Crippen LogP contribution in [0.1, 0.15) is 51.7 Å². The van der Waals surface area contributed by atoms with E-state index in [1.807, 2.05) is 57.2 Å². The number of nitrogens with one attached hydrogen (secondary N) is 2. The molecule has 8 heteroatoms. The van der Waals surface area contributed by atoms with E-state index in [1.165, 1.54) is 11.8 Å². The van der Waals surface area contributed by atoms with Gasteiger partial charge in [0.15, 0.2) is 5.17 Å². The van der Waals surface area contributed by atoms with E-state index in [0.717, 1.165) is 41.9 Å². The Bertz CT molecular complexity index is 1130. The first-order chi connectivity index (χ1) is 16.5. The minimum absolute atomic E-state index is 0.107. The standard InChI is InChI=1S/C27H32N2O5S/c1-26(2,3)24(31)33-20-9-10-21-18(16-20)11-12-27(4,34-21)13-14-32-19-7-5-17(6-8-19)15-22-23(30)29-25(28)35-22/h5-10,16,22H,11-15H2,1-4H3,(H2,28,29,30). The van der Waals surface area contributed by atoms with Crippen LogP contribution in [-0.4, -0.2) is 34.5 Å². The maximum Gasteiger partial charge on any atom is 0.316 e. The van der Waals surface area contributed by atoms with Crippen LogP contribution in [0.5, 0.6) is 17.2 Å². The zero-order valence-corrected chi connectivity index (χ0v) is 21.4. The minimum Gasteiger partial charge on any atom is -0.493 e. The Hall–Kier alpha value is -3.00. The van der Waals surface area contributed by atoms with Gasteiger partial charge in [0.2, 0.25) is 5.91 Å². The topological polar surface area (TPSA) is 97.7 Å². The number of benzene rings is 2. The number of hydrogen-bond acceptors (Lipinski definition) is 7. The molecule has 2 heterocycles. The maximum absolute atomic E-state index is 12.2. The number of fused-ring (bicyclic) bond motifs is 1. The molecular weight excluding hydrogens is 464 g/mol. The Morgan fingerprint density at radius 1 is 1.20 bits per heavy atom. The summed E-state index contributed by atoms with van der Waals surface area (Å²) >= 11 is 1.26. The molecule has 0 bridgehead atoms. The summed E-state index contributed by atoms with van der Waals surface area (Å²) in [7, 11) is 0. The van der Waals surface area contributed by atoms with Gasteiger partial charge in [0.05, 0.1) is 17.3 Å². The van der Waals surface area contributed by atoms with Crippen molar-refractivity contribution in [1.29, 1.82) is 5.41 Å². The SMILES string of the molecule is CC1(CCOc2ccc(CC3SC(=N)NC3=O)cc2)CCc2cc(OC(=O)C(C)(C)C)ccc2O1. The van der Waals surface area contributed by atoms with E-state index in [2.05, 4.69) is 12.2 Å². The van der Waals surface area contributed by atoms with Gasteiger partial charge in [0.1, 0.15) is 22.8 Å². The summed E-state index contributed by atoms with van der Waals surface area (Å²) < 4.78 is 17.8. The summed E-state index contributed by atoms with van der Waals surface area (Å²) in [5.74, 6) is 1.78. The molecule has 35 heavy (non-hydrogen) atoms. The van der Waals surface area contributed by atoms with Gasteiger partial charge in [-0.05, 0) is 88.4 Å². The van der Waals surface area contributed by atoms with E-state index in [9.17, 15) is 9.59 Å². The van der Waals surface area contributed by atoms with E-state index >= 15 is 0 Å². The molecule has 2 N–H and O–H groups in total. The van der Waals surface area contributed by atoms with Crippen LogP contribution in [0.3, 0.4) is 0 Å². The molecule has 0 aliphatic carbocycles. The minimum atomic E-state index is -0.554. The van der Waals surface area contributed by atoms with E-state index in [4.69, 9.17) is 19.6 Å². The highest BCUT2D eigenvalue weighted by molar-refractivity contribution is 8.15. The van der Waals surface area contributed by atoms with E-state index in [1.54, 1.807) is 6.07 Å². The summed E-state index contributed by atoms with van der Waals surface area (Å²) in [6.45, 7) is 8.12. The van der Waals surface area contributed by atoms with Crippen molar-refractivity contribution in [2.24, 2.45) is 5.41 Å². The number of hydrogen-bond donors (Lipinski definition) is 2. The van der Waals surface area contributed by atoms with Gasteiger partial charge in [0.25, 0.3) is 0 Å². The predicted octanol–water partition coefficient (Wildman–Crippen LogP) is 4.90. The normalized spacial score (nSPS) is 21.7. The fourth-order valence-corrected chi connectivity index (χ4v) is 4.82. The molecule has 0 aromatic heterocycles. The van der Waals surface area contributed by atoms with Crippen molar-refractivity contribution in [3.8, 4) is 17.2 Å². The van der Waals surface area contributed by atoms with Crippen LogP contribution in [0.15, 0.2) is 42.5 Å². The molecule has 2 aliphatic heterocycles. The fraction of sp³-hybridized carbons (Fsp3) is 0.444. The summed E-state index contributed by atoms with van der Waals surface area (Å²) in [5, 5.41) is 10.1. The van der Waals surface area contributed by atoms with Crippen LogP contribution in [0.25, 0.3) is 0 Å². The largest absolute Gasteiger partial charge is 0.493 e. The molecule has 0 radical (unpaired) electrons. The monoisotopic (exact) mass is 496 g/mol.